The molecule has 0 bridgehead atoms. The van der Waals surface area contributed by atoms with Crippen molar-refractivity contribution in [1.29, 1.82) is 0 Å². The van der Waals surface area contributed by atoms with Crippen molar-refractivity contribution in [3.8, 4) is 0 Å². The molecule has 10 heavy (non-hydrogen) atoms. The minimum atomic E-state index is 0.927. The molecule has 0 radical (unpaired) electrons. The van der Waals surface area contributed by atoms with Crippen LogP contribution in [0.15, 0.2) is 23.8 Å². The van der Waals surface area contributed by atoms with Gasteiger partial charge in [-0.25, -0.2) is 0 Å². The maximum atomic E-state index is 2.41. The predicted octanol–water partition coefficient (Wildman–Crippen LogP) is 2.92. The van der Waals surface area contributed by atoms with E-state index in [2.05, 4.69) is 25.2 Å². The van der Waals surface area contributed by atoms with Gasteiger partial charge < -0.3 is 0 Å². The fraction of sp³-hybridized carbons (Fsp3) is 0.600. The van der Waals surface area contributed by atoms with Crippen molar-refractivity contribution in [3.63, 3.8) is 0 Å². The summed E-state index contributed by atoms with van der Waals surface area (Å²) in [4.78, 5) is 0. The van der Waals surface area contributed by atoms with Gasteiger partial charge in [0.15, 0.2) is 0 Å². The Bertz CT molecular complexity index is 186. The van der Waals surface area contributed by atoms with E-state index in [1.54, 1.807) is 5.57 Å². The Labute approximate surface area is 62.6 Å². The smallest absolute Gasteiger partial charge is 0.0137 e. The molecule has 2 rings (SSSR count). The van der Waals surface area contributed by atoms with Crippen LogP contribution in [-0.2, 0) is 0 Å². The molecule has 2 aliphatic rings. The van der Waals surface area contributed by atoms with Crippen LogP contribution in [0.5, 0.6) is 0 Å². The zero-order valence-corrected chi connectivity index (χ0v) is 6.51. The zero-order chi connectivity index (χ0) is 6.97. The number of allylic oxidation sites excluding steroid dienone is 4. The first-order chi connectivity index (χ1) is 4.88. The van der Waals surface area contributed by atoms with Crippen molar-refractivity contribution in [2.45, 2.75) is 26.2 Å². The van der Waals surface area contributed by atoms with Crippen LogP contribution in [-0.4, -0.2) is 0 Å². The molecule has 2 aliphatic carbocycles. The lowest BCUT2D eigenvalue weighted by molar-refractivity contribution is 0.852. The summed E-state index contributed by atoms with van der Waals surface area (Å²) in [6.07, 6.45) is 11.0. The van der Waals surface area contributed by atoms with Crippen molar-refractivity contribution < 1.29 is 0 Å². The van der Waals surface area contributed by atoms with Crippen molar-refractivity contribution in [3.05, 3.63) is 23.8 Å². The summed E-state index contributed by atoms with van der Waals surface area (Å²) in [7, 11) is 0. The summed E-state index contributed by atoms with van der Waals surface area (Å²) in [5.41, 5.74) is 1.61. The highest BCUT2D eigenvalue weighted by Crippen LogP contribution is 2.44. The SMILES string of the molecule is CC1CC1C1=CCCC=C1. The Balaban J connectivity index is 2.04. The zero-order valence-electron chi connectivity index (χ0n) is 6.51. The van der Waals surface area contributed by atoms with E-state index in [0.717, 1.165) is 11.8 Å². The average molecular weight is 134 g/mol. The van der Waals surface area contributed by atoms with Crippen molar-refractivity contribution >= 4 is 0 Å². The predicted molar refractivity (Wildman–Crippen MR) is 43.7 cm³/mol. The van der Waals surface area contributed by atoms with Crippen LogP contribution in [0.25, 0.3) is 0 Å². The summed E-state index contributed by atoms with van der Waals surface area (Å²) in [5, 5.41) is 0. The van der Waals surface area contributed by atoms with Gasteiger partial charge in [-0.15, -0.1) is 0 Å². The summed E-state index contributed by atoms with van der Waals surface area (Å²) >= 11 is 0. The third-order valence-electron chi connectivity index (χ3n) is 2.56. The third kappa shape index (κ3) is 1.03. The molecule has 0 spiro atoms. The van der Waals surface area contributed by atoms with Crippen LogP contribution in [0, 0.1) is 11.8 Å². The lowest BCUT2D eigenvalue weighted by Crippen LogP contribution is -1.87. The fourth-order valence-electron chi connectivity index (χ4n) is 1.70. The largest absolute Gasteiger partial charge is 0.0840 e. The summed E-state index contributed by atoms with van der Waals surface area (Å²) in [5.74, 6) is 1.89. The van der Waals surface area contributed by atoms with Gasteiger partial charge in [0.25, 0.3) is 0 Å². The Morgan fingerprint density at radius 3 is 2.70 bits per heavy atom. The first kappa shape index (κ1) is 6.21. The van der Waals surface area contributed by atoms with Gasteiger partial charge in [-0.1, -0.05) is 25.2 Å². The van der Waals surface area contributed by atoms with Crippen LogP contribution in [0.1, 0.15) is 26.2 Å². The third-order valence-corrected chi connectivity index (χ3v) is 2.56. The highest BCUT2D eigenvalue weighted by atomic mass is 14.4. The normalized spacial score (nSPS) is 37.5. The van der Waals surface area contributed by atoms with Gasteiger partial charge >= 0.3 is 0 Å². The maximum absolute atomic E-state index is 2.41. The molecule has 0 aromatic heterocycles. The lowest BCUT2D eigenvalue weighted by Gasteiger charge is -2.04. The van der Waals surface area contributed by atoms with Gasteiger partial charge in [0.05, 0.1) is 0 Å². The van der Waals surface area contributed by atoms with Crippen LogP contribution in [0.4, 0.5) is 0 Å². The molecule has 2 unspecified atom stereocenters. The highest BCUT2D eigenvalue weighted by Gasteiger charge is 2.34. The summed E-state index contributed by atoms with van der Waals surface area (Å²) in [6.45, 7) is 2.34. The van der Waals surface area contributed by atoms with E-state index in [1.807, 2.05) is 0 Å². The summed E-state index contributed by atoms with van der Waals surface area (Å²) < 4.78 is 0. The van der Waals surface area contributed by atoms with E-state index >= 15 is 0 Å². The minimum Gasteiger partial charge on any atom is -0.0840 e. The molecule has 2 atom stereocenters. The van der Waals surface area contributed by atoms with E-state index in [-0.39, 0.29) is 0 Å². The monoisotopic (exact) mass is 134 g/mol. The van der Waals surface area contributed by atoms with E-state index in [1.165, 1.54) is 19.3 Å². The molecular formula is C10H14. The maximum Gasteiger partial charge on any atom is -0.0137 e. The summed E-state index contributed by atoms with van der Waals surface area (Å²) in [6, 6.07) is 0. The Hall–Kier alpha value is -0.520. The number of hydrogen-bond donors (Lipinski definition) is 0. The molecule has 0 aliphatic heterocycles. The molecule has 1 saturated carbocycles. The lowest BCUT2D eigenvalue weighted by atomic mass is 10.0. The second kappa shape index (κ2) is 2.26. The van der Waals surface area contributed by atoms with Crippen LogP contribution < -0.4 is 0 Å². The van der Waals surface area contributed by atoms with Crippen LogP contribution in [0.2, 0.25) is 0 Å². The second-order valence-electron chi connectivity index (χ2n) is 3.50. The van der Waals surface area contributed by atoms with Gasteiger partial charge in [0.2, 0.25) is 0 Å². The molecule has 0 N–H and O–H groups in total. The second-order valence-corrected chi connectivity index (χ2v) is 3.50. The molecule has 0 aromatic rings. The molecule has 0 aromatic carbocycles. The van der Waals surface area contributed by atoms with Crippen LogP contribution in [0.3, 0.4) is 0 Å². The van der Waals surface area contributed by atoms with E-state index < -0.39 is 0 Å². The Morgan fingerprint density at radius 1 is 1.40 bits per heavy atom. The number of hydrogen-bond acceptors (Lipinski definition) is 0. The van der Waals surface area contributed by atoms with E-state index in [0.29, 0.717) is 0 Å². The van der Waals surface area contributed by atoms with Gasteiger partial charge in [0, 0.05) is 0 Å². The van der Waals surface area contributed by atoms with Gasteiger partial charge in [-0.2, -0.15) is 0 Å². The molecule has 0 amide bonds. The quantitative estimate of drug-likeness (QED) is 0.517. The van der Waals surface area contributed by atoms with Gasteiger partial charge in [-0.3, -0.25) is 0 Å². The molecular weight excluding hydrogens is 120 g/mol. The highest BCUT2D eigenvalue weighted by molar-refractivity contribution is 5.29. The standard InChI is InChI=1S/C10H14/c1-8-7-10(8)9-5-3-2-4-6-9/h3,5-6,8,10H,2,4,7H2,1H3. The Morgan fingerprint density at radius 2 is 2.20 bits per heavy atom. The average Bonchev–Trinajstić information content (AvgIpc) is 2.69. The molecule has 0 nitrogen and oxygen atoms in total. The minimum absolute atomic E-state index is 0.927. The first-order valence-corrected chi connectivity index (χ1v) is 4.24. The van der Waals surface area contributed by atoms with Crippen molar-refractivity contribution in [1.82, 2.24) is 0 Å². The topological polar surface area (TPSA) is 0 Å². The molecule has 54 valence electrons. The van der Waals surface area contributed by atoms with Gasteiger partial charge in [-0.05, 0) is 36.7 Å². The van der Waals surface area contributed by atoms with E-state index in [4.69, 9.17) is 0 Å². The van der Waals surface area contributed by atoms with Crippen molar-refractivity contribution in [2.24, 2.45) is 11.8 Å². The van der Waals surface area contributed by atoms with Crippen LogP contribution >= 0.6 is 0 Å². The number of rotatable bonds is 1. The molecule has 0 saturated heterocycles. The molecule has 0 heteroatoms. The van der Waals surface area contributed by atoms with Crippen molar-refractivity contribution in [2.75, 3.05) is 0 Å². The van der Waals surface area contributed by atoms with Gasteiger partial charge in [0.1, 0.15) is 0 Å². The molecule has 0 heterocycles. The Kier molecular flexibility index (Phi) is 1.40. The molecule has 1 fully saturated rings. The first-order valence-electron chi connectivity index (χ1n) is 4.24. The fourth-order valence-corrected chi connectivity index (χ4v) is 1.70. The van der Waals surface area contributed by atoms with E-state index in [9.17, 15) is 0 Å².